The monoisotopic (exact) mass is 471 g/mol. The van der Waals surface area contributed by atoms with Crippen molar-refractivity contribution in [3.63, 3.8) is 0 Å². The van der Waals surface area contributed by atoms with Crippen molar-refractivity contribution in [2.45, 2.75) is 18.9 Å². The summed E-state index contributed by atoms with van der Waals surface area (Å²) in [7, 11) is 2.18. The fraction of sp³-hybridized carbons (Fsp3) is 0.556. The summed E-state index contributed by atoms with van der Waals surface area (Å²) in [6.07, 6.45) is 2.19. The molecular formula is C18H23FIN5O. The summed E-state index contributed by atoms with van der Waals surface area (Å²) in [6.45, 7) is 6.39. The van der Waals surface area contributed by atoms with E-state index in [2.05, 4.69) is 54.5 Å². The molecule has 2 aliphatic rings. The summed E-state index contributed by atoms with van der Waals surface area (Å²) >= 11 is 2.08. The lowest BCUT2D eigenvalue weighted by molar-refractivity contribution is 0.0976. The first-order valence-electron chi connectivity index (χ1n) is 9.06. The molecule has 3 heterocycles. The van der Waals surface area contributed by atoms with Crippen molar-refractivity contribution >= 4 is 28.6 Å². The molecule has 8 heteroatoms. The number of hydrogen-bond donors (Lipinski definition) is 0. The molecule has 2 fully saturated rings. The lowest BCUT2D eigenvalue weighted by atomic mass is 10.0. The molecule has 140 valence electrons. The number of benzene rings is 1. The molecule has 0 radical (unpaired) electrons. The van der Waals surface area contributed by atoms with Gasteiger partial charge in [0, 0.05) is 48.9 Å². The quantitative estimate of drug-likeness (QED) is 0.642. The number of hydrogen-bond acceptors (Lipinski definition) is 6. The molecule has 0 N–H and O–H groups in total. The van der Waals surface area contributed by atoms with E-state index in [0.717, 1.165) is 55.7 Å². The molecule has 0 bridgehead atoms. The van der Waals surface area contributed by atoms with Crippen LogP contribution in [0, 0.1) is 9.39 Å². The fourth-order valence-corrected chi connectivity index (χ4v) is 4.18. The Morgan fingerprint density at radius 1 is 1.08 bits per heavy atom. The van der Waals surface area contributed by atoms with E-state index in [1.54, 1.807) is 6.07 Å². The first kappa shape index (κ1) is 18.1. The summed E-state index contributed by atoms with van der Waals surface area (Å²) < 4.78 is 20.7. The van der Waals surface area contributed by atoms with Crippen molar-refractivity contribution in [3.05, 3.63) is 27.6 Å². The molecule has 0 spiro atoms. The van der Waals surface area contributed by atoms with Crippen LogP contribution >= 0.6 is 22.6 Å². The van der Waals surface area contributed by atoms with E-state index in [1.165, 1.54) is 6.07 Å². The maximum Gasteiger partial charge on any atom is 0.318 e. The van der Waals surface area contributed by atoms with E-state index >= 15 is 0 Å². The lowest BCUT2D eigenvalue weighted by Crippen LogP contribution is -2.52. The number of likely N-dealkylation sites (N-methyl/N-ethyl adjacent to an activating group) is 1. The number of rotatable bonds is 3. The van der Waals surface area contributed by atoms with Gasteiger partial charge < -0.3 is 14.2 Å². The second-order valence-corrected chi connectivity index (χ2v) is 8.32. The largest absolute Gasteiger partial charge is 0.403 e. The number of halogens is 2. The molecule has 0 aliphatic carbocycles. The minimum Gasteiger partial charge on any atom is -0.403 e. The highest BCUT2D eigenvalue weighted by atomic mass is 127. The van der Waals surface area contributed by atoms with Crippen LogP contribution in [0.5, 0.6) is 0 Å². The minimum atomic E-state index is -0.333. The van der Waals surface area contributed by atoms with E-state index in [-0.39, 0.29) is 11.7 Å². The van der Waals surface area contributed by atoms with Crippen LogP contribution in [-0.4, -0.2) is 72.4 Å². The summed E-state index contributed by atoms with van der Waals surface area (Å²) in [4.78, 5) is 7.11. The predicted octanol–water partition coefficient (Wildman–Crippen LogP) is 2.70. The third-order valence-corrected chi connectivity index (χ3v) is 6.04. The van der Waals surface area contributed by atoms with Gasteiger partial charge in [-0.05, 0) is 60.7 Å². The van der Waals surface area contributed by atoms with Gasteiger partial charge in [-0.15, -0.1) is 5.10 Å². The Morgan fingerprint density at radius 3 is 2.50 bits per heavy atom. The van der Waals surface area contributed by atoms with Gasteiger partial charge in [-0.2, -0.15) is 0 Å². The van der Waals surface area contributed by atoms with Gasteiger partial charge in [-0.1, -0.05) is 5.10 Å². The van der Waals surface area contributed by atoms with E-state index in [0.29, 0.717) is 17.6 Å². The minimum absolute atomic E-state index is 0.245. The number of aromatic nitrogens is 2. The average molecular weight is 471 g/mol. The Morgan fingerprint density at radius 2 is 1.81 bits per heavy atom. The number of piperidine rings is 1. The summed E-state index contributed by atoms with van der Waals surface area (Å²) in [5.41, 5.74) is 0.358. The molecule has 0 saturated carbocycles. The van der Waals surface area contributed by atoms with Crippen LogP contribution in [0.15, 0.2) is 22.6 Å². The van der Waals surface area contributed by atoms with Gasteiger partial charge in [0.05, 0.1) is 5.56 Å². The topological polar surface area (TPSA) is 48.6 Å². The number of nitrogens with zero attached hydrogens (tertiary/aromatic N) is 5. The smallest absolute Gasteiger partial charge is 0.318 e. The van der Waals surface area contributed by atoms with Crippen molar-refractivity contribution in [1.29, 1.82) is 0 Å². The van der Waals surface area contributed by atoms with Crippen molar-refractivity contribution in [2.75, 3.05) is 51.2 Å². The standard InChI is InChI=1S/C18H23FIN5O/c1-23-8-10-24(11-9-23)14-4-6-25(7-5-14)18-22-21-17(26-18)15-3-2-13(20)12-16(15)19/h2-3,12,14H,4-11H2,1H3. The number of anilines is 1. The average Bonchev–Trinajstić information content (AvgIpc) is 3.12. The Kier molecular flexibility index (Phi) is 5.42. The van der Waals surface area contributed by atoms with Crippen LogP contribution in [0.1, 0.15) is 12.8 Å². The summed E-state index contributed by atoms with van der Waals surface area (Å²) in [5.74, 6) is -0.0871. The highest BCUT2D eigenvalue weighted by Gasteiger charge is 2.28. The zero-order chi connectivity index (χ0) is 18.1. The molecule has 6 nitrogen and oxygen atoms in total. The maximum atomic E-state index is 14.1. The van der Waals surface area contributed by atoms with Crippen molar-refractivity contribution in [3.8, 4) is 11.5 Å². The van der Waals surface area contributed by atoms with Crippen LogP contribution in [-0.2, 0) is 0 Å². The fourth-order valence-electron chi connectivity index (χ4n) is 3.72. The molecular weight excluding hydrogens is 448 g/mol. The van der Waals surface area contributed by atoms with Crippen LogP contribution < -0.4 is 4.90 Å². The van der Waals surface area contributed by atoms with Crippen LogP contribution in [0.2, 0.25) is 0 Å². The van der Waals surface area contributed by atoms with Gasteiger partial charge in [0.25, 0.3) is 5.89 Å². The third kappa shape index (κ3) is 3.86. The maximum absolute atomic E-state index is 14.1. The van der Waals surface area contributed by atoms with Crippen LogP contribution in [0.3, 0.4) is 0 Å². The third-order valence-electron chi connectivity index (χ3n) is 5.37. The highest BCUT2D eigenvalue weighted by Crippen LogP contribution is 2.28. The van der Waals surface area contributed by atoms with E-state index in [9.17, 15) is 4.39 Å². The number of piperazine rings is 1. The lowest BCUT2D eigenvalue weighted by Gasteiger charge is -2.41. The first-order chi connectivity index (χ1) is 12.6. The van der Waals surface area contributed by atoms with Gasteiger partial charge in [0.2, 0.25) is 0 Å². The van der Waals surface area contributed by atoms with E-state index < -0.39 is 0 Å². The molecule has 1 aromatic heterocycles. The summed E-state index contributed by atoms with van der Waals surface area (Å²) in [6, 6.07) is 6.13. The van der Waals surface area contributed by atoms with Gasteiger partial charge >= 0.3 is 6.01 Å². The first-order valence-corrected chi connectivity index (χ1v) is 10.1. The zero-order valence-electron chi connectivity index (χ0n) is 14.9. The highest BCUT2D eigenvalue weighted by molar-refractivity contribution is 14.1. The van der Waals surface area contributed by atoms with Gasteiger partial charge in [-0.3, -0.25) is 4.90 Å². The molecule has 2 saturated heterocycles. The van der Waals surface area contributed by atoms with E-state index in [4.69, 9.17) is 4.42 Å². The second-order valence-electron chi connectivity index (χ2n) is 7.07. The molecule has 0 atom stereocenters. The Bertz CT molecular complexity index is 754. The van der Waals surface area contributed by atoms with E-state index in [1.807, 2.05) is 6.07 Å². The summed E-state index contributed by atoms with van der Waals surface area (Å²) in [5, 5.41) is 8.20. The van der Waals surface area contributed by atoms with Crippen LogP contribution in [0.25, 0.3) is 11.5 Å². The molecule has 0 amide bonds. The van der Waals surface area contributed by atoms with Crippen molar-refractivity contribution in [1.82, 2.24) is 20.0 Å². The van der Waals surface area contributed by atoms with Gasteiger partial charge in [-0.25, -0.2) is 4.39 Å². The van der Waals surface area contributed by atoms with Gasteiger partial charge in [0.1, 0.15) is 5.82 Å². The zero-order valence-corrected chi connectivity index (χ0v) is 17.0. The van der Waals surface area contributed by atoms with Crippen LogP contribution in [0.4, 0.5) is 10.4 Å². The molecule has 2 aliphatic heterocycles. The SMILES string of the molecule is CN1CCN(C2CCN(c3nnc(-c4ccc(I)cc4F)o3)CC2)CC1. The molecule has 1 aromatic carbocycles. The van der Waals surface area contributed by atoms with Crippen molar-refractivity contribution < 1.29 is 8.81 Å². The van der Waals surface area contributed by atoms with Crippen molar-refractivity contribution in [2.24, 2.45) is 0 Å². The predicted molar refractivity (Wildman–Crippen MR) is 107 cm³/mol. The molecule has 26 heavy (non-hydrogen) atoms. The normalized spacial score (nSPS) is 20.7. The Labute approximate surface area is 166 Å². The second kappa shape index (κ2) is 7.77. The molecule has 4 rings (SSSR count). The Hall–Kier alpha value is -1.26. The Balaban J connectivity index is 1.38. The molecule has 2 aromatic rings. The molecule has 0 unspecified atom stereocenters. The van der Waals surface area contributed by atoms with Gasteiger partial charge in [0.15, 0.2) is 0 Å².